The van der Waals surface area contributed by atoms with Gasteiger partial charge >= 0.3 is 7.62 Å². The molecule has 2 atom stereocenters. The number of hydrogen-bond acceptors (Lipinski definition) is 3. The van der Waals surface area contributed by atoms with Crippen LogP contribution in [0.1, 0.15) is 46.0 Å². The van der Waals surface area contributed by atoms with E-state index in [0.29, 0.717) is 12.1 Å². The Balaban J connectivity index is 3.60. The smallest absolute Gasteiger partial charge is 0.395 e. The maximum absolute atomic E-state index is 5.73. The minimum Gasteiger partial charge on any atom is -0.427 e. The zero-order chi connectivity index (χ0) is 10.8. The van der Waals surface area contributed by atoms with Gasteiger partial charge in [-0.1, -0.05) is 19.8 Å². The van der Waals surface area contributed by atoms with Crippen molar-refractivity contribution in [2.75, 3.05) is 7.11 Å². The van der Waals surface area contributed by atoms with Crippen molar-refractivity contribution in [3.8, 4) is 0 Å². The first kappa shape index (κ1) is 13.9. The van der Waals surface area contributed by atoms with Crippen LogP contribution in [0.15, 0.2) is 0 Å². The van der Waals surface area contributed by atoms with E-state index in [1.165, 1.54) is 19.3 Å². The highest BCUT2D eigenvalue weighted by molar-refractivity contribution is 6.23. The summed E-state index contributed by atoms with van der Waals surface area (Å²) in [5.41, 5.74) is 5.73. The van der Waals surface area contributed by atoms with Gasteiger partial charge in [0.1, 0.15) is 0 Å². The summed E-state index contributed by atoms with van der Waals surface area (Å²) in [7, 11) is 3.33. The average molecular weight is 199 g/mol. The molecule has 0 spiro atoms. The third-order valence-electron chi connectivity index (χ3n) is 2.30. The first-order valence-electron chi connectivity index (χ1n) is 5.56. The Bertz CT molecular complexity index is 115. The van der Waals surface area contributed by atoms with E-state index in [1.54, 1.807) is 14.7 Å². The Morgan fingerprint density at radius 1 is 1.36 bits per heavy atom. The van der Waals surface area contributed by atoms with Crippen LogP contribution in [0.3, 0.4) is 0 Å². The van der Waals surface area contributed by atoms with Crippen LogP contribution in [0.2, 0.25) is 0 Å². The van der Waals surface area contributed by atoms with Crippen LogP contribution in [0.4, 0.5) is 0 Å². The molecule has 0 saturated carbocycles. The van der Waals surface area contributed by atoms with E-state index in [2.05, 4.69) is 19.1 Å². The average Bonchev–Trinajstić information content (AvgIpc) is 2.16. The van der Waals surface area contributed by atoms with Crippen molar-refractivity contribution in [2.24, 2.45) is 5.73 Å². The minimum absolute atomic E-state index is 0.295. The van der Waals surface area contributed by atoms with Crippen molar-refractivity contribution >= 4 is 7.62 Å². The van der Waals surface area contributed by atoms with E-state index in [1.807, 2.05) is 0 Å². The van der Waals surface area contributed by atoms with E-state index in [9.17, 15) is 0 Å². The van der Waals surface area contributed by atoms with Gasteiger partial charge in [0.15, 0.2) is 0 Å². The Hall–Kier alpha value is -0.0551. The second-order valence-electron chi connectivity index (χ2n) is 3.91. The summed E-state index contributed by atoms with van der Waals surface area (Å²) in [6.45, 7) is 4.26. The molecule has 0 amide bonds. The Kier molecular flexibility index (Phi) is 9.46. The molecule has 0 aliphatic rings. The SMILES string of the molecule is CCCCC(CCC(C)N)N[B]OC. The van der Waals surface area contributed by atoms with Crippen LogP contribution in [0, 0.1) is 0 Å². The zero-order valence-corrected chi connectivity index (χ0v) is 9.75. The second-order valence-corrected chi connectivity index (χ2v) is 3.91. The van der Waals surface area contributed by atoms with Crippen LogP contribution in [0.5, 0.6) is 0 Å². The molecule has 3 N–H and O–H groups in total. The van der Waals surface area contributed by atoms with Gasteiger partial charge < -0.3 is 15.6 Å². The Labute approximate surface area is 89.1 Å². The topological polar surface area (TPSA) is 47.3 Å². The highest BCUT2D eigenvalue weighted by Gasteiger charge is 2.08. The predicted octanol–water partition coefficient (Wildman–Crippen LogP) is 1.44. The lowest BCUT2D eigenvalue weighted by atomic mass is 9.99. The maximum atomic E-state index is 5.73. The molecule has 0 aromatic carbocycles. The minimum atomic E-state index is 0.295. The van der Waals surface area contributed by atoms with Gasteiger partial charge in [-0.3, -0.25) is 0 Å². The van der Waals surface area contributed by atoms with Gasteiger partial charge in [0, 0.05) is 13.2 Å². The van der Waals surface area contributed by atoms with Crippen LogP contribution in [-0.4, -0.2) is 26.8 Å². The first-order chi connectivity index (χ1) is 6.70. The molecular weight excluding hydrogens is 175 g/mol. The van der Waals surface area contributed by atoms with Gasteiger partial charge in [-0.2, -0.15) is 0 Å². The van der Waals surface area contributed by atoms with Crippen LogP contribution in [0.25, 0.3) is 0 Å². The van der Waals surface area contributed by atoms with E-state index in [4.69, 9.17) is 10.4 Å². The molecule has 0 aromatic rings. The molecule has 3 nitrogen and oxygen atoms in total. The third kappa shape index (κ3) is 8.54. The third-order valence-corrected chi connectivity index (χ3v) is 2.30. The van der Waals surface area contributed by atoms with E-state index < -0.39 is 0 Å². The first-order valence-corrected chi connectivity index (χ1v) is 5.56. The van der Waals surface area contributed by atoms with Crippen molar-refractivity contribution in [3.63, 3.8) is 0 Å². The monoisotopic (exact) mass is 199 g/mol. The van der Waals surface area contributed by atoms with E-state index >= 15 is 0 Å². The summed E-state index contributed by atoms with van der Waals surface area (Å²) in [5, 5.41) is 3.26. The number of unbranched alkanes of at least 4 members (excludes halogenated alkanes) is 1. The van der Waals surface area contributed by atoms with Gasteiger partial charge in [0.05, 0.1) is 0 Å². The van der Waals surface area contributed by atoms with Gasteiger partial charge in [-0.05, 0) is 32.2 Å². The molecule has 14 heavy (non-hydrogen) atoms. The summed E-state index contributed by atoms with van der Waals surface area (Å²) in [6, 6.07) is 0.810. The van der Waals surface area contributed by atoms with Gasteiger partial charge in [-0.15, -0.1) is 0 Å². The normalized spacial score (nSPS) is 15.1. The van der Waals surface area contributed by atoms with Crippen molar-refractivity contribution in [1.29, 1.82) is 0 Å². The Morgan fingerprint density at radius 3 is 2.57 bits per heavy atom. The molecule has 4 heteroatoms. The molecule has 0 aliphatic carbocycles. The fourth-order valence-electron chi connectivity index (χ4n) is 1.39. The summed E-state index contributed by atoms with van der Waals surface area (Å²) < 4.78 is 4.89. The molecule has 0 aromatic heterocycles. The number of nitrogens with two attached hydrogens (primary N) is 1. The van der Waals surface area contributed by atoms with Crippen molar-refractivity contribution in [1.82, 2.24) is 5.23 Å². The quantitative estimate of drug-likeness (QED) is 0.552. The molecular formula is C10H24BN2O. The molecule has 0 rings (SSSR count). The molecule has 83 valence electrons. The van der Waals surface area contributed by atoms with Gasteiger partial charge in [0.25, 0.3) is 0 Å². The Morgan fingerprint density at radius 2 is 2.07 bits per heavy atom. The van der Waals surface area contributed by atoms with Crippen LogP contribution >= 0.6 is 0 Å². The number of rotatable bonds is 9. The lowest BCUT2D eigenvalue weighted by Crippen LogP contribution is -2.34. The standard InChI is InChI=1S/C10H24BN2O/c1-4-5-6-10(13-11-14-3)8-7-9(2)12/h9-10,13H,4-8,12H2,1-3H3. The summed E-state index contributed by atoms with van der Waals surface area (Å²) >= 11 is 0. The molecule has 1 radical (unpaired) electrons. The predicted molar refractivity (Wildman–Crippen MR) is 62.1 cm³/mol. The molecule has 0 heterocycles. The van der Waals surface area contributed by atoms with Crippen molar-refractivity contribution in [3.05, 3.63) is 0 Å². The highest BCUT2D eigenvalue weighted by Crippen LogP contribution is 2.07. The van der Waals surface area contributed by atoms with E-state index in [0.717, 1.165) is 12.8 Å². The van der Waals surface area contributed by atoms with Crippen LogP contribution in [-0.2, 0) is 4.65 Å². The largest absolute Gasteiger partial charge is 0.427 e. The van der Waals surface area contributed by atoms with Gasteiger partial charge in [-0.25, -0.2) is 0 Å². The number of nitrogens with one attached hydrogen (secondary N) is 1. The molecule has 0 aliphatic heterocycles. The lowest BCUT2D eigenvalue weighted by Gasteiger charge is -2.18. The number of hydrogen-bond donors (Lipinski definition) is 2. The highest BCUT2D eigenvalue weighted by atomic mass is 16.4. The summed E-state index contributed by atoms with van der Waals surface area (Å²) in [5.74, 6) is 0. The van der Waals surface area contributed by atoms with E-state index in [-0.39, 0.29) is 0 Å². The maximum Gasteiger partial charge on any atom is 0.395 e. The van der Waals surface area contributed by atoms with Crippen LogP contribution < -0.4 is 11.0 Å². The van der Waals surface area contributed by atoms with Gasteiger partial charge in [0.2, 0.25) is 0 Å². The fourth-order valence-corrected chi connectivity index (χ4v) is 1.39. The molecule has 2 unspecified atom stereocenters. The summed E-state index contributed by atoms with van der Waals surface area (Å²) in [4.78, 5) is 0. The molecule has 0 bridgehead atoms. The van der Waals surface area contributed by atoms with Crippen molar-refractivity contribution in [2.45, 2.75) is 58.0 Å². The second kappa shape index (κ2) is 9.50. The molecule has 0 fully saturated rings. The zero-order valence-electron chi connectivity index (χ0n) is 9.75. The fraction of sp³-hybridized carbons (Fsp3) is 1.00. The summed E-state index contributed by atoms with van der Waals surface area (Å²) in [6.07, 6.45) is 5.89. The lowest BCUT2D eigenvalue weighted by molar-refractivity contribution is 0.400. The molecule has 0 saturated heterocycles. The van der Waals surface area contributed by atoms with Crippen molar-refractivity contribution < 1.29 is 4.65 Å².